The Labute approximate surface area is 95.0 Å². The molecular formula is C12H17FN2O. The second kappa shape index (κ2) is 4.70. The van der Waals surface area contributed by atoms with Crippen molar-refractivity contribution in [3.8, 4) is 5.75 Å². The highest BCUT2D eigenvalue weighted by atomic mass is 19.1. The van der Waals surface area contributed by atoms with Crippen molar-refractivity contribution in [1.82, 2.24) is 0 Å². The Morgan fingerprint density at radius 2 is 2.06 bits per heavy atom. The van der Waals surface area contributed by atoms with Crippen molar-refractivity contribution < 1.29 is 9.13 Å². The molecule has 2 rings (SSSR count). The molecule has 3 nitrogen and oxygen atoms in total. The van der Waals surface area contributed by atoms with Crippen LogP contribution in [0.1, 0.15) is 12.8 Å². The minimum absolute atomic E-state index is 0.269. The molecule has 0 unspecified atom stereocenters. The van der Waals surface area contributed by atoms with Gasteiger partial charge in [-0.1, -0.05) is 0 Å². The van der Waals surface area contributed by atoms with Gasteiger partial charge < -0.3 is 15.4 Å². The molecule has 1 saturated heterocycles. The third kappa shape index (κ3) is 2.27. The summed E-state index contributed by atoms with van der Waals surface area (Å²) in [6, 6.07) is 4.95. The van der Waals surface area contributed by atoms with Gasteiger partial charge in [-0.2, -0.15) is 0 Å². The molecule has 1 aromatic rings. The number of anilines is 1. The van der Waals surface area contributed by atoms with Crippen LogP contribution in [0.3, 0.4) is 0 Å². The molecule has 0 aliphatic carbocycles. The quantitative estimate of drug-likeness (QED) is 0.832. The number of piperidine rings is 1. The van der Waals surface area contributed by atoms with Crippen LogP contribution in [0.4, 0.5) is 10.1 Å². The Balaban J connectivity index is 2.19. The van der Waals surface area contributed by atoms with Gasteiger partial charge in [0, 0.05) is 25.2 Å². The zero-order chi connectivity index (χ0) is 11.5. The second-order valence-corrected chi connectivity index (χ2v) is 4.14. The van der Waals surface area contributed by atoms with Gasteiger partial charge in [-0.25, -0.2) is 4.39 Å². The highest BCUT2D eigenvalue weighted by molar-refractivity contribution is 5.58. The summed E-state index contributed by atoms with van der Waals surface area (Å²) in [5, 5.41) is 0. The fourth-order valence-electron chi connectivity index (χ4n) is 2.05. The third-order valence-electron chi connectivity index (χ3n) is 3.02. The van der Waals surface area contributed by atoms with Crippen LogP contribution in [0.25, 0.3) is 0 Å². The van der Waals surface area contributed by atoms with Crippen molar-refractivity contribution in [2.24, 2.45) is 5.73 Å². The topological polar surface area (TPSA) is 38.5 Å². The summed E-state index contributed by atoms with van der Waals surface area (Å²) in [6.07, 6.45) is 1.95. The van der Waals surface area contributed by atoms with Crippen LogP contribution in [-0.4, -0.2) is 26.2 Å². The van der Waals surface area contributed by atoms with E-state index >= 15 is 0 Å². The molecule has 0 amide bonds. The fraction of sp³-hybridized carbons (Fsp3) is 0.500. The summed E-state index contributed by atoms with van der Waals surface area (Å²) < 4.78 is 18.2. The summed E-state index contributed by atoms with van der Waals surface area (Å²) in [4.78, 5) is 2.20. The number of nitrogens with zero attached hydrogens (tertiary/aromatic N) is 1. The lowest BCUT2D eigenvalue weighted by Crippen LogP contribution is -2.39. The van der Waals surface area contributed by atoms with Crippen molar-refractivity contribution in [1.29, 1.82) is 0 Å². The maximum atomic E-state index is 13.0. The molecule has 4 heteroatoms. The van der Waals surface area contributed by atoms with E-state index in [0.717, 1.165) is 31.6 Å². The van der Waals surface area contributed by atoms with Crippen molar-refractivity contribution >= 4 is 5.69 Å². The van der Waals surface area contributed by atoms with E-state index in [1.54, 1.807) is 13.2 Å². The number of hydrogen-bond acceptors (Lipinski definition) is 3. The molecule has 16 heavy (non-hydrogen) atoms. The third-order valence-corrected chi connectivity index (χ3v) is 3.02. The van der Waals surface area contributed by atoms with E-state index in [0.29, 0.717) is 11.8 Å². The summed E-state index contributed by atoms with van der Waals surface area (Å²) in [7, 11) is 1.56. The zero-order valence-corrected chi connectivity index (χ0v) is 9.45. The van der Waals surface area contributed by atoms with Crippen LogP contribution < -0.4 is 15.4 Å². The van der Waals surface area contributed by atoms with Crippen molar-refractivity contribution in [2.75, 3.05) is 25.1 Å². The van der Waals surface area contributed by atoms with Crippen molar-refractivity contribution in [3.63, 3.8) is 0 Å². The molecule has 0 aromatic heterocycles. The molecule has 1 heterocycles. The Bertz CT molecular complexity index is 362. The summed E-state index contributed by atoms with van der Waals surface area (Å²) >= 11 is 0. The van der Waals surface area contributed by atoms with Gasteiger partial charge in [0.2, 0.25) is 0 Å². The Morgan fingerprint density at radius 1 is 1.38 bits per heavy atom. The van der Waals surface area contributed by atoms with E-state index in [-0.39, 0.29) is 5.82 Å². The minimum atomic E-state index is -0.269. The molecule has 0 spiro atoms. The summed E-state index contributed by atoms with van der Waals surface area (Å²) in [5.74, 6) is 0.324. The van der Waals surface area contributed by atoms with E-state index < -0.39 is 0 Å². The monoisotopic (exact) mass is 224 g/mol. The maximum Gasteiger partial charge on any atom is 0.145 e. The standard InChI is InChI=1S/C12H17FN2O/c1-16-12-8-9(13)2-3-11(12)15-6-4-10(14)5-7-15/h2-3,8,10H,4-7,14H2,1H3. The number of ether oxygens (including phenoxy) is 1. The van der Waals surface area contributed by atoms with Crippen LogP contribution in [0.5, 0.6) is 5.75 Å². The predicted molar refractivity (Wildman–Crippen MR) is 62.4 cm³/mol. The van der Waals surface area contributed by atoms with E-state index in [9.17, 15) is 4.39 Å². The fourth-order valence-corrected chi connectivity index (χ4v) is 2.05. The van der Waals surface area contributed by atoms with E-state index in [4.69, 9.17) is 10.5 Å². The van der Waals surface area contributed by atoms with Gasteiger partial charge in [-0.3, -0.25) is 0 Å². The lowest BCUT2D eigenvalue weighted by molar-refractivity contribution is 0.407. The average molecular weight is 224 g/mol. The molecule has 0 radical (unpaired) electrons. The van der Waals surface area contributed by atoms with Crippen LogP contribution in [0.2, 0.25) is 0 Å². The highest BCUT2D eigenvalue weighted by Gasteiger charge is 2.19. The first-order valence-corrected chi connectivity index (χ1v) is 5.55. The Morgan fingerprint density at radius 3 is 2.69 bits per heavy atom. The molecule has 1 fully saturated rings. The van der Waals surface area contributed by atoms with E-state index in [1.165, 1.54) is 12.1 Å². The van der Waals surface area contributed by atoms with Gasteiger partial charge >= 0.3 is 0 Å². The molecule has 2 N–H and O–H groups in total. The maximum absolute atomic E-state index is 13.0. The largest absolute Gasteiger partial charge is 0.494 e. The van der Waals surface area contributed by atoms with Gasteiger partial charge in [0.05, 0.1) is 12.8 Å². The predicted octanol–water partition coefficient (Wildman–Crippen LogP) is 1.76. The number of halogens is 1. The molecule has 0 bridgehead atoms. The Kier molecular flexibility index (Phi) is 3.29. The number of methoxy groups -OCH3 is 1. The van der Waals surface area contributed by atoms with Crippen LogP contribution >= 0.6 is 0 Å². The van der Waals surface area contributed by atoms with Gasteiger partial charge in [0.1, 0.15) is 11.6 Å². The van der Waals surface area contributed by atoms with Gasteiger partial charge in [-0.15, -0.1) is 0 Å². The van der Waals surface area contributed by atoms with Crippen LogP contribution in [0, 0.1) is 5.82 Å². The average Bonchev–Trinajstić information content (AvgIpc) is 2.30. The first-order chi connectivity index (χ1) is 7.70. The van der Waals surface area contributed by atoms with E-state index in [1.807, 2.05) is 0 Å². The van der Waals surface area contributed by atoms with Gasteiger partial charge in [0.25, 0.3) is 0 Å². The molecule has 88 valence electrons. The van der Waals surface area contributed by atoms with Crippen molar-refractivity contribution in [2.45, 2.75) is 18.9 Å². The van der Waals surface area contributed by atoms with Crippen LogP contribution in [0.15, 0.2) is 18.2 Å². The smallest absolute Gasteiger partial charge is 0.145 e. The van der Waals surface area contributed by atoms with Gasteiger partial charge in [-0.05, 0) is 25.0 Å². The van der Waals surface area contributed by atoms with Crippen LogP contribution in [-0.2, 0) is 0 Å². The lowest BCUT2D eigenvalue weighted by Gasteiger charge is -2.32. The Hall–Kier alpha value is -1.29. The van der Waals surface area contributed by atoms with Gasteiger partial charge in [0.15, 0.2) is 0 Å². The number of rotatable bonds is 2. The number of hydrogen-bond donors (Lipinski definition) is 1. The summed E-state index contributed by atoms with van der Waals surface area (Å²) in [5.41, 5.74) is 6.81. The lowest BCUT2D eigenvalue weighted by atomic mass is 10.1. The molecule has 1 aromatic carbocycles. The number of nitrogens with two attached hydrogens (primary N) is 1. The molecule has 0 atom stereocenters. The molecular weight excluding hydrogens is 207 g/mol. The van der Waals surface area contributed by atoms with Crippen molar-refractivity contribution in [3.05, 3.63) is 24.0 Å². The normalized spacial score (nSPS) is 17.6. The second-order valence-electron chi connectivity index (χ2n) is 4.14. The molecule has 1 aliphatic heterocycles. The highest BCUT2D eigenvalue weighted by Crippen LogP contribution is 2.30. The summed E-state index contributed by atoms with van der Waals surface area (Å²) in [6.45, 7) is 1.81. The number of benzene rings is 1. The SMILES string of the molecule is COc1cc(F)ccc1N1CCC(N)CC1. The first kappa shape index (κ1) is 11.2. The molecule has 0 saturated carbocycles. The zero-order valence-electron chi connectivity index (χ0n) is 9.45. The minimum Gasteiger partial charge on any atom is -0.494 e. The molecule has 1 aliphatic rings. The van der Waals surface area contributed by atoms with E-state index in [2.05, 4.69) is 4.90 Å². The first-order valence-electron chi connectivity index (χ1n) is 5.55.